The van der Waals surface area contributed by atoms with Crippen molar-refractivity contribution in [2.24, 2.45) is 0 Å². The Morgan fingerprint density at radius 3 is 2.45 bits per heavy atom. The molecule has 1 unspecified atom stereocenters. The molecule has 1 amide bonds. The van der Waals surface area contributed by atoms with E-state index >= 15 is 0 Å². The van der Waals surface area contributed by atoms with Crippen molar-refractivity contribution in [2.45, 2.75) is 70.2 Å². The van der Waals surface area contributed by atoms with Crippen molar-refractivity contribution >= 4 is 6.09 Å². The number of fused-ring (bicyclic) bond motifs is 2. The zero-order valence-electron chi connectivity index (χ0n) is 13.4. The summed E-state index contributed by atoms with van der Waals surface area (Å²) in [4.78, 5) is 22.5. The Hall–Kier alpha value is -1.85. The molecule has 2 aliphatic heterocycles. The van der Waals surface area contributed by atoms with Crippen LogP contribution < -0.4 is 4.74 Å². The molecule has 2 bridgehead atoms. The highest BCUT2D eigenvalue weighted by Crippen LogP contribution is 2.37. The zero-order valence-corrected chi connectivity index (χ0v) is 13.4. The molecule has 6 heteroatoms. The fourth-order valence-electron chi connectivity index (χ4n) is 3.35. The molecular weight excluding hydrogens is 282 g/mol. The van der Waals surface area contributed by atoms with E-state index in [0.29, 0.717) is 5.88 Å². The van der Waals surface area contributed by atoms with Gasteiger partial charge in [-0.05, 0) is 33.6 Å². The third kappa shape index (κ3) is 3.31. The maximum atomic E-state index is 12.4. The summed E-state index contributed by atoms with van der Waals surface area (Å²) in [6, 6.07) is 0.408. The number of carbonyl (C=O) groups excluding carboxylic acids is 1. The summed E-state index contributed by atoms with van der Waals surface area (Å²) >= 11 is 0. The molecule has 1 aromatic heterocycles. The number of aromatic nitrogens is 2. The summed E-state index contributed by atoms with van der Waals surface area (Å²) in [7, 11) is 0. The second-order valence-electron chi connectivity index (χ2n) is 7.03. The summed E-state index contributed by atoms with van der Waals surface area (Å²) in [5, 5.41) is 0. The number of hydrogen-bond acceptors (Lipinski definition) is 5. The number of hydrogen-bond donors (Lipinski definition) is 0. The van der Waals surface area contributed by atoms with E-state index in [0.717, 1.165) is 25.7 Å². The van der Waals surface area contributed by atoms with Crippen molar-refractivity contribution in [3.05, 3.63) is 18.6 Å². The quantitative estimate of drug-likeness (QED) is 0.840. The van der Waals surface area contributed by atoms with Gasteiger partial charge in [-0.1, -0.05) is 0 Å². The molecular formula is C16H23N3O3. The fraction of sp³-hybridized carbons (Fsp3) is 0.688. The number of piperidine rings is 1. The highest BCUT2D eigenvalue weighted by Gasteiger charge is 2.45. The van der Waals surface area contributed by atoms with E-state index in [9.17, 15) is 4.79 Å². The summed E-state index contributed by atoms with van der Waals surface area (Å²) < 4.78 is 11.4. The number of nitrogens with zero attached hydrogens (tertiary/aromatic N) is 3. The van der Waals surface area contributed by atoms with Gasteiger partial charge in [-0.15, -0.1) is 0 Å². The minimum Gasteiger partial charge on any atom is -0.473 e. The molecule has 3 atom stereocenters. The molecule has 0 saturated carbocycles. The number of carbonyl (C=O) groups is 1. The van der Waals surface area contributed by atoms with Gasteiger partial charge in [0, 0.05) is 37.3 Å². The van der Waals surface area contributed by atoms with Crippen LogP contribution in [0.2, 0.25) is 0 Å². The second kappa shape index (κ2) is 5.74. The number of rotatable bonds is 2. The number of ether oxygens (including phenoxy) is 2. The third-order valence-corrected chi connectivity index (χ3v) is 4.12. The van der Waals surface area contributed by atoms with Crippen LogP contribution >= 0.6 is 0 Å². The van der Waals surface area contributed by atoms with E-state index < -0.39 is 5.60 Å². The summed E-state index contributed by atoms with van der Waals surface area (Å²) in [6.07, 6.45) is 8.46. The summed E-state index contributed by atoms with van der Waals surface area (Å²) in [5.41, 5.74) is -0.455. The number of amides is 1. The van der Waals surface area contributed by atoms with Crippen molar-refractivity contribution in [3.63, 3.8) is 0 Å². The van der Waals surface area contributed by atoms with E-state index in [2.05, 4.69) is 9.97 Å². The molecule has 2 fully saturated rings. The van der Waals surface area contributed by atoms with E-state index in [4.69, 9.17) is 9.47 Å². The lowest BCUT2D eigenvalue weighted by Crippen LogP contribution is -2.50. The Labute approximate surface area is 130 Å². The topological polar surface area (TPSA) is 64.5 Å². The minimum atomic E-state index is -0.455. The Bertz CT molecular complexity index is 515. The van der Waals surface area contributed by atoms with Crippen molar-refractivity contribution < 1.29 is 14.3 Å². The standard InChI is InChI=1S/C16H23N3O3/c1-16(2,3)22-15(20)19-11-4-5-12(19)9-13(8-11)21-14-10-17-6-7-18-14/h6-7,10-13H,4-5,8-9H2,1-3H3/t11-,12+,13?. The molecule has 6 nitrogen and oxygen atoms in total. The van der Waals surface area contributed by atoms with Gasteiger partial charge >= 0.3 is 6.09 Å². The zero-order chi connectivity index (χ0) is 15.7. The molecule has 120 valence electrons. The average Bonchev–Trinajstić information content (AvgIpc) is 2.70. The van der Waals surface area contributed by atoms with Crippen molar-refractivity contribution in [1.82, 2.24) is 14.9 Å². The first-order chi connectivity index (χ1) is 10.4. The van der Waals surface area contributed by atoms with Crippen LogP contribution in [-0.4, -0.2) is 44.7 Å². The molecule has 0 aromatic carbocycles. The lowest BCUT2D eigenvalue weighted by molar-refractivity contribution is -0.00764. The van der Waals surface area contributed by atoms with Gasteiger partial charge in [-0.3, -0.25) is 4.98 Å². The molecule has 2 aliphatic rings. The molecule has 22 heavy (non-hydrogen) atoms. The molecule has 2 saturated heterocycles. The first-order valence-corrected chi connectivity index (χ1v) is 7.86. The first kappa shape index (κ1) is 15.1. The molecule has 0 aliphatic carbocycles. The predicted molar refractivity (Wildman–Crippen MR) is 80.6 cm³/mol. The Kier molecular flexibility index (Phi) is 3.93. The van der Waals surface area contributed by atoms with Crippen LogP contribution in [0.4, 0.5) is 4.79 Å². The Balaban J connectivity index is 1.63. The van der Waals surface area contributed by atoms with E-state index in [1.807, 2.05) is 25.7 Å². The van der Waals surface area contributed by atoms with Crippen LogP contribution in [-0.2, 0) is 4.74 Å². The van der Waals surface area contributed by atoms with Crippen LogP contribution in [0.3, 0.4) is 0 Å². The van der Waals surface area contributed by atoms with E-state index in [-0.39, 0.29) is 24.3 Å². The molecule has 0 N–H and O–H groups in total. The average molecular weight is 305 g/mol. The molecule has 0 spiro atoms. The maximum absolute atomic E-state index is 12.4. The van der Waals surface area contributed by atoms with E-state index in [1.165, 1.54) is 0 Å². The smallest absolute Gasteiger partial charge is 0.410 e. The van der Waals surface area contributed by atoms with Crippen molar-refractivity contribution in [1.29, 1.82) is 0 Å². The van der Waals surface area contributed by atoms with Crippen molar-refractivity contribution in [2.75, 3.05) is 0 Å². The van der Waals surface area contributed by atoms with Gasteiger partial charge in [0.25, 0.3) is 0 Å². The van der Waals surface area contributed by atoms with Gasteiger partial charge in [0.1, 0.15) is 11.7 Å². The minimum absolute atomic E-state index is 0.0906. The third-order valence-electron chi connectivity index (χ3n) is 4.12. The molecule has 3 heterocycles. The lowest BCUT2D eigenvalue weighted by Gasteiger charge is -2.39. The maximum Gasteiger partial charge on any atom is 0.410 e. The van der Waals surface area contributed by atoms with Crippen molar-refractivity contribution in [3.8, 4) is 5.88 Å². The fourth-order valence-corrected chi connectivity index (χ4v) is 3.35. The van der Waals surface area contributed by atoms with Crippen LogP contribution in [0.25, 0.3) is 0 Å². The van der Waals surface area contributed by atoms with Crippen LogP contribution in [0.5, 0.6) is 5.88 Å². The first-order valence-electron chi connectivity index (χ1n) is 7.86. The second-order valence-corrected chi connectivity index (χ2v) is 7.03. The van der Waals surface area contributed by atoms with Gasteiger partial charge in [-0.2, -0.15) is 0 Å². The normalized spacial score (nSPS) is 27.6. The Morgan fingerprint density at radius 2 is 1.91 bits per heavy atom. The Morgan fingerprint density at radius 1 is 1.23 bits per heavy atom. The molecule has 1 aromatic rings. The molecule has 0 radical (unpaired) electrons. The van der Waals surface area contributed by atoms with E-state index in [1.54, 1.807) is 18.6 Å². The van der Waals surface area contributed by atoms with Crippen LogP contribution in [0.15, 0.2) is 18.6 Å². The van der Waals surface area contributed by atoms with Gasteiger partial charge in [-0.25, -0.2) is 9.78 Å². The lowest BCUT2D eigenvalue weighted by atomic mass is 10.0. The highest BCUT2D eigenvalue weighted by molar-refractivity contribution is 5.69. The summed E-state index contributed by atoms with van der Waals surface area (Å²) in [5.74, 6) is 0.553. The van der Waals surface area contributed by atoms with Crippen LogP contribution in [0.1, 0.15) is 46.5 Å². The summed E-state index contributed by atoms with van der Waals surface area (Å²) in [6.45, 7) is 5.70. The molecule has 3 rings (SSSR count). The SMILES string of the molecule is CC(C)(C)OC(=O)N1[C@@H]2CC[C@H]1CC(Oc1cnccn1)C2. The highest BCUT2D eigenvalue weighted by atomic mass is 16.6. The van der Waals surface area contributed by atoms with Crippen LogP contribution in [0, 0.1) is 0 Å². The van der Waals surface area contributed by atoms with Gasteiger partial charge < -0.3 is 14.4 Å². The monoisotopic (exact) mass is 305 g/mol. The van der Waals surface area contributed by atoms with Gasteiger partial charge in [0.15, 0.2) is 0 Å². The van der Waals surface area contributed by atoms with Gasteiger partial charge in [0.05, 0.1) is 6.20 Å². The largest absolute Gasteiger partial charge is 0.473 e. The van der Waals surface area contributed by atoms with Gasteiger partial charge in [0.2, 0.25) is 5.88 Å². The predicted octanol–water partition coefficient (Wildman–Crippen LogP) is 2.79.